The highest BCUT2D eigenvalue weighted by molar-refractivity contribution is 5.97. The third-order valence-corrected chi connectivity index (χ3v) is 3.83. The molecule has 24 heavy (non-hydrogen) atoms. The van der Waals surface area contributed by atoms with E-state index in [1.807, 2.05) is 6.07 Å². The van der Waals surface area contributed by atoms with Crippen molar-refractivity contribution in [3.63, 3.8) is 0 Å². The van der Waals surface area contributed by atoms with Gasteiger partial charge in [0.25, 0.3) is 0 Å². The second kappa shape index (κ2) is 5.92. The molecule has 0 radical (unpaired) electrons. The molecule has 0 heterocycles. The van der Waals surface area contributed by atoms with E-state index in [1.54, 1.807) is 54.6 Å². The second-order valence-corrected chi connectivity index (χ2v) is 5.41. The molecule has 0 amide bonds. The lowest BCUT2D eigenvalue weighted by Gasteiger charge is -2.20. The van der Waals surface area contributed by atoms with Gasteiger partial charge in [0.05, 0.1) is 5.56 Å². The van der Waals surface area contributed by atoms with Gasteiger partial charge in [-0.3, -0.25) is 0 Å². The van der Waals surface area contributed by atoms with Crippen molar-refractivity contribution in [3.05, 3.63) is 72.3 Å². The molecule has 3 aromatic carbocycles. The van der Waals surface area contributed by atoms with E-state index < -0.39 is 11.7 Å². The lowest BCUT2D eigenvalue weighted by molar-refractivity contribution is -0.137. The van der Waals surface area contributed by atoms with Crippen molar-refractivity contribution < 1.29 is 13.2 Å². The predicted molar refractivity (Wildman–Crippen MR) is 91.1 cm³/mol. The van der Waals surface area contributed by atoms with Crippen molar-refractivity contribution in [1.29, 1.82) is 0 Å². The molecule has 0 aliphatic carbocycles. The summed E-state index contributed by atoms with van der Waals surface area (Å²) in [6, 6.07) is 18.2. The molecule has 0 spiro atoms. The maximum absolute atomic E-state index is 13.5. The molecular formula is C19H15F3N2. The third kappa shape index (κ3) is 2.80. The van der Waals surface area contributed by atoms with Gasteiger partial charge in [0.1, 0.15) is 0 Å². The number of anilines is 2. The highest BCUT2D eigenvalue weighted by atomic mass is 19.4. The van der Waals surface area contributed by atoms with Crippen LogP contribution < -0.4 is 11.5 Å². The van der Waals surface area contributed by atoms with Crippen LogP contribution in [-0.2, 0) is 6.18 Å². The van der Waals surface area contributed by atoms with Crippen LogP contribution in [0.1, 0.15) is 5.56 Å². The van der Waals surface area contributed by atoms with Crippen LogP contribution in [0.5, 0.6) is 0 Å². The number of halogens is 3. The summed E-state index contributed by atoms with van der Waals surface area (Å²) in [6.07, 6.45) is -4.55. The Hall–Kier alpha value is -2.95. The summed E-state index contributed by atoms with van der Waals surface area (Å²) in [6.45, 7) is 0. The molecule has 3 aromatic rings. The Morgan fingerprint density at radius 2 is 1.12 bits per heavy atom. The van der Waals surface area contributed by atoms with E-state index in [9.17, 15) is 13.2 Å². The van der Waals surface area contributed by atoms with Crippen LogP contribution in [0, 0.1) is 0 Å². The van der Waals surface area contributed by atoms with Gasteiger partial charge in [0, 0.05) is 22.5 Å². The molecule has 122 valence electrons. The van der Waals surface area contributed by atoms with Crippen LogP contribution in [-0.4, -0.2) is 0 Å². The Kier molecular flexibility index (Phi) is 3.93. The molecule has 0 atom stereocenters. The van der Waals surface area contributed by atoms with E-state index in [1.165, 1.54) is 0 Å². The van der Waals surface area contributed by atoms with Crippen molar-refractivity contribution in [2.45, 2.75) is 6.18 Å². The van der Waals surface area contributed by atoms with Gasteiger partial charge in [-0.05, 0) is 17.2 Å². The number of benzene rings is 3. The quantitative estimate of drug-likeness (QED) is 0.635. The summed E-state index contributed by atoms with van der Waals surface area (Å²) in [5.74, 6) is 0. The topological polar surface area (TPSA) is 52.0 Å². The summed E-state index contributed by atoms with van der Waals surface area (Å²) < 4.78 is 40.6. The summed E-state index contributed by atoms with van der Waals surface area (Å²) in [5, 5.41) is 0. The van der Waals surface area contributed by atoms with E-state index in [0.717, 1.165) is 6.07 Å². The maximum atomic E-state index is 13.5. The zero-order valence-electron chi connectivity index (χ0n) is 12.6. The average molecular weight is 328 g/mol. The standard InChI is InChI=1S/C19H15F3N2/c20-19(21,22)14-11-15(23)17(13-9-5-2-6-10-13)18(24)16(14)12-7-3-1-4-8-12/h1-11H,23-24H2. The Labute approximate surface area is 137 Å². The smallest absolute Gasteiger partial charge is 0.398 e. The normalized spacial score (nSPS) is 11.5. The third-order valence-electron chi connectivity index (χ3n) is 3.83. The van der Waals surface area contributed by atoms with Gasteiger partial charge >= 0.3 is 6.18 Å². The van der Waals surface area contributed by atoms with Crippen molar-refractivity contribution in [1.82, 2.24) is 0 Å². The monoisotopic (exact) mass is 328 g/mol. The number of hydrogen-bond donors (Lipinski definition) is 2. The molecule has 0 saturated carbocycles. The minimum absolute atomic E-state index is 0.00528. The Morgan fingerprint density at radius 3 is 1.58 bits per heavy atom. The van der Waals surface area contributed by atoms with E-state index in [4.69, 9.17) is 11.5 Å². The molecule has 3 rings (SSSR count). The molecule has 0 aliphatic heterocycles. The van der Waals surface area contributed by atoms with E-state index in [-0.39, 0.29) is 16.9 Å². The van der Waals surface area contributed by atoms with Gasteiger partial charge in [0.2, 0.25) is 0 Å². The van der Waals surface area contributed by atoms with Gasteiger partial charge < -0.3 is 11.5 Å². The Bertz CT molecular complexity index is 857. The number of rotatable bonds is 2. The summed E-state index contributed by atoms with van der Waals surface area (Å²) in [4.78, 5) is 0. The SMILES string of the molecule is Nc1cc(C(F)(F)F)c(-c2ccccc2)c(N)c1-c1ccccc1. The fourth-order valence-corrected chi connectivity index (χ4v) is 2.79. The van der Waals surface area contributed by atoms with Gasteiger partial charge in [-0.25, -0.2) is 0 Å². The molecule has 0 fully saturated rings. The van der Waals surface area contributed by atoms with Crippen molar-refractivity contribution in [2.24, 2.45) is 0 Å². The number of nitrogens with two attached hydrogens (primary N) is 2. The molecule has 0 saturated heterocycles. The van der Waals surface area contributed by atoms with Gasteiger partial charge in [-0.15, -0.1) is 0 Å². The van der Waals surface area contributed by atoms with Crippen molar-refractivity contribution in [2.75, 3.05) is 11.5 Å². The molecule has 2 nitrogen and oxygen atoms in total. The second-order valence-electron chi connectivity index (χ2n) is 5.41. The fraction of sp³-hybridized carbons (Fsp3) is 0.0526. The number of hydrogen-bond acceptors (Lipinski definition) is 2. The minimum atomic E-state index is -4.55. The summed E-state index contributed by atoms with van der Waals surface area (Å²) in [7, 11) is 0. The molecule has 0 aromatic heterocycles. The largest absolute Gasteiger partial charge is 0.417 e. The summed E-state index contributed by atoms with van der Waals surface area (Å²) >= 11 is 0. The first-order valence-electron chi connectivity index (χ1n) is 7.29. The van der Waals surface area contributed by atoms with E-state index >= 15 is 0 Å². The van der Waals surface area contributed by atoms with Crippen LogP contribution in [0.15, 0.2) is 66.7 Å². The first-order chi connectivity index (χ1) is 11.4. The van der Waals surface area contributed by atoms with Crippen LogP contribution in [0.3, 0.4) is 0 Å². The molecule has 0 bridgehead atoms. The van der Waals surface area contributed by atoms with Crippen LogP contribution >= 0.6 is 0 Å². The lowest BCUT2D eigenvalue weighted by Crippen LogP contribution is -2.11. The van der Waals surface area contributed by atoms with E-state index in [2.05, 4.69) is 0 Å². The van der Waals surface area contributed by atoms with Gasteiger partial charge in [-0.1, -0.05) is 60.7 Å². The first-order valence-corrected chi connectivity index (χ1v) is 7.29. The van der Waals surface area contributed by atoms with Crippen LogP contribution in [0.25, 0.3) is 22.3 Å². The fourth-order valence-electron chi connectivity index (χ4n) is 2.79. The zero-order chi connectivity index (χ0) is 17.3. The molecular weight excluding hydrogens is 313 g/mol. The molecule has 0 unspecified atom stereocenters. The number of alkyl halides is 3. The molecule has 5 heteroatoms. The van der Waals surface area contributed by atoms with E-state index in [0.29, 0.717) is 16.7 Å². The predicted octanol–water partition coefficient (Wildman–Crippen LogP) is 5.20. The lowest BCUT2D eigenvalue weighted by atomic mass is 9.90. The molecule has 0 aliphatic rings. The zero-order valence-corrected chi connectivity index (χ0v) is 12.6. The summed E-state index contributed by atoms with van der Waals surface area (Å²) in [5.41, 5.74) is 12.7. The van der Waals surface area contributed by atoms with Crippen LogP contribution in [0.4, 0.5) is 24.5 Å². The van der Waals surface area contributed by atoms with Gasteiger partial charge in [0.15, 0.2) is 0 Å². The van der Waals surface area contributed by atoms with Crippen molar-refractivity contribution in [3.8, 4) is 22.3 Å². The van der Waals surface area contributed by atoms with Crippen molar-refractivity contribution >= 4 is 11.4 Å². The molecule has 4 N–H and O–H groups in total. The highest BCUT2D eigenvalue weighted by Gasteiger charge is 2.36. The average Bonchev–Trinajstić information content (AvgIpc) is 2.55. The van der Waals surface area contributed by atoms with Gasteiger partial charge in [-0.2, -0.15) is 13.2 Å². The maximum Gasteiger partial charge on any atom is 0.417 e. The minimum Gasteiger partial charge on any atom is -0.398 e. The number of nitrogen functional groups attached to an aromatic ring is 2. The Balaban J connectivity index is 2.37. The highest BCUT2D eigenvalue weighted by Crippen LogP contribution is 2.46. The first kappa shape index (κ1) is 15.9. The Morgan fingerprint density at radius 1 is 0.667 bits per heavy atom. The van der Waals surface area contributed by atoms with Crippen LogP contribution in [0.2, 0.25) is 0 Å².